The van der Waals surface area contributed by atoms with Gasteiger partial charge in [-0.3, -0.25) is 0 Å². The van der Waals surface area contributed by atoms with Crippen molar-refractivity contribution in [3.63, 3.8) is 0 Å². The maximum atomic E-state index is 11.4. The van der Waals surface area contributed by atoms with Crippen LogP contribution in [0.5, 0.6) is 0 Å². The van der Waals surface area contributed by atoms with Crippen molar-refractivity contribution >= 4 is 15.5 Å². The number of anilines is 1. The Hall–Kier alpha value is -1.07. The van der Waals surface area contributed by atoms with Crippen LogP contribution < -0.4 is 11.1 Å². The van der Waals surface area contributed by atoms with Crippen molar-refractivity contribution in [2.45, 2.75) is 30.6 Å². The van der Waals surface area contributed by atoms with E-state index >= 15 is 0 Å². The molecule has 0 unspecified atom stereocenters. The normalized spacial score (nSPS) is 18.4. The van der Waals surface area contributed by atoms with Gasteiger partial charge in [0.05, 0.1) is 4.90 Å². The fourth-order valence-corrected chi connectivity index (χ4v) is 3.32. The smallest absolute Gasteiger partial charge is 0.175 e. The number of nitrogens with two attached hydrogens (primary N) is 1. The summed E-state index contributed by atoms with van der Waals surface area (Å²) in [5.74, 6) is 0. The highest BCUT2D eigenvalue weighted by molar-refractivity contribution is 7.90. The molecule has 1 aliphatic carbocycles. The molecule has 1 fully saturated rings. The van der Waals surface area contributed by atoms with E-state index in [1.807, 2.05) is 12.1 Å². The second-order valence-corrected chi connectivity index (χ2v) is 7.58. The highest BCUT2D eigenvalue weighted by Crippen LogP contribution is 2.37. The Morgan fingerprint density at radius 2 is 1.79 bits per heavy atom. The van der Waals surface area contributed by atoms with Gasteiger partial charge in [-0.25, -0.2) is 8.42 Å². The largest absolute Gasteiger partial charge is 0.384 e. The van der Waals surface area contributed by atoms with Crippen molar-refractivity contribution in [3.8, 4) is 0 Å². The number of hydrogen-bond acceptors (Lipinski definition) is 4. The molecule has 0 aromatic heterocycles. The quantitative estimate of drug-likeness (QED) is 0.866. The Bertz CT molecular complexity index is 517. The summed E-state index contributed by atoms with van der Waals surface area (Å²) in [4.78, 5) is 0.354. The summed E-state index contributed by atoms with van der Waals surface area (Å²) in [6.45, 7) is 1.57. The van der Waals surface area contributed by atoms with Gasteiger partial charge < -0.3 is 11.1 Å². The summed E-state index contributed by atoms with van der Waals surface area (Å²) in [6, 6.07) is 6.91. The molecule has 1 aromatic carbocycles. The molecular formula is C14H22N2O2S. The summed E-state index contributed by atoms with van der Waals surface area (Å²) < 4.78 is 22.7. The Morgan fingerprint density at radius 3 is 2.26 bits per heavy atom. The summed E-state index contributed by atoms with van der Waals surface area (Å²) in [6.07, 6.45) is 6.09. The molecule has 5 heteroatoms. The standard InChI is InChI=1S/C14H22N2O2S/c1-19(17,18)13-6-4-12(5-7-13)16-11-14(10-15)8-2-3-9-14/h4-7,16H,2-3,8-11,15H2,1H3. The monoisotopic (exact) mass is 282 g/mol. The predicted octanol–water partition coefficient (Wildman–Crippen LogP) is 2.02. The fourth-order valence-electron chi connectivity index (χ4n) is 2.69. The molecule has 2 rings (SSSR count). The number of rotatable bonds is 5. The molecule has 4 nitrogen and oxygen atoms in total. The van der Waals surface area contributed by atoms with Crippen LogP contribution in [0.15, 0.2) is 29.2 Å². The van der Waals surface area contributed by atoms with Crippen LogP contribution in [-0.2, 0) is 9.84 Å². The molecule has 0 amide bonds. The van der Waals surface area contributed by atoms with E-state index < -0.39 is 9.84 Å². The maximum absolute atomic E-state index is 11.4. The second kappa shape index (κ2) is 5.51. The molecule has 1 aromatic rings. The lowest BCUT2D eigenvalue weighted by molar-refractivity contribution is 0.332. The van der Waals surface area contributed by atoms with Crippen LogP contribution >= 0.6 is 0 Å². The number of nitrogens with one attached hydrogen (secondary N) is 1. The number of sulfone groups is 1. The van der Waals surface area contributed by atoms with Crippen LogP contribution in [0.1, 0.15) is 25.7 Å². The van der Waals surface area contributed by atoms with Gasteiger partial charge in [-0.15, -0.1) is 0 Å². The minimum absolute atomic E-state index is 0.218. The Labute approximate surface area is 115 Å². The lowest BCUT2D eigenvalue weighted by Crippen LogP contribution is -2.34. The zero-order valence-corrected chi connectivity index (χ0v) is 12.2. The molecular weight excluding hydrogens is 260 g/mol. The molecule has 1 aliphatic rings. The molecule has 0 bridgehead atoms. The van der Waals surface area contributed by atoms with Gasteiger partial charge >= 0.3 is 0 Å². The summed E-state index contributed by atoms with van der Waals surface area (Å²) in [5, 5.41) is 3.38. The van der Waals surface area contributed by atoms with E-state index in [0.29, 0.717) is 11.4 Å². The first-order valence-corrected chi connectivity index (χ1v) is 8.58. The highest BCUT2D eigenvalue weighted by atomic mass is 32.2. The number of hydrogen-bond donors (Lipinski definition) is 2. The highest BCUT2D eigenvalue weighted by Gasteiger charge is 2.31. The van der Waals surface area contributed by atoms with E-state index in [-0.39, 0.29) is 5.41 Å². The van der Waals surface area contributed by atoms with Crippen molar-refractivity contribution < 1.29 is 8.42 Å². The molecule has 19 heavy (non-hydrogen) atoms. The second-order valence-electron chi connectivity index (χ2n) is 5.56. The summed E-state index contributed by atoms with van der Waals surface area (Å²) >= 11 is 0. The van der Waals surface area contributed by atoms with Crippen LogP contribution in [0.4, 0.5) is 5.69 Å². The first-order valence-electron chi connectivity index (χ1n) is 6.69. The van der Waals surface area contributed by atoms with Gasteiger partial charge in [-0.05, 0) is 49.1 Å². The van der Waals surface area contributed by atoms with Gasteiger partial charge in [0.1, 0.15) is 0 Å². The van der Waals surface area contributed by atoms with E-state index in [9.17, 15) is 8.42 Å². The van der Waals surface area contributed by atoms with E-state index in [2.05, 4.69) is 5.32 Å². The van der Waals surface area contributed by atoms with E-state index in [0.717, 1.165) is 12.2 Å². The molecule has 0 atom stereocenters. The van der Waals surface area contributed by atoms with Crippen molar-refractivity contribution in [2.75, 3.05) is 24.7 Å². The average molecular weight is 282 g/mol. The Balaban J connectivity index is 2.00. The van der Waals surface area contributed by atoms with Crippen molar-refractivity contribution in [2.24, 2.45) is 11.1 Å². The van der Waals surface area contributed by atoms with Crippen LogP contribution in [0.25, 0.3) is 0 Å². The lowest BCUT2D eigenvalue weighted by Gasteiger charge is -2.27. The average Bonchev–Trinajstić information content (AvgIpc) is 2.85. The molecule has 0 heterocycles. The van der Waals surface area contributed by atoms with Crippen molar-refractivity contribution in [1.82, 2.24) is 0 Å². The summed E-state index contributed by atoms with van der Waals surface area (Å²) in [5.41, 5.74) is 7.06. The maximum Gasteiger partial charge on any atom is 0.175 e. The third-order valence-corrected chi connectivity index (χ3v) is 5.18. The van der Waals surface area contributed by atoms with Gasteiger partial charge in [-0.1, -0.05) is 12.8 Å². The SMILES string of the molecule is CS(=O)(=O)c1ccc(NCC2(CN)CCCC2)cc1. The Kier molecular flexibility index (Phi) is 4.16. The molecule has 106 valence electrons. The molecule has 0 radical (unpaired) electrons. The van der Waals surface area contributed by atoms with E-state index in [1.165, 1.54) is 31.9 Å². The molecule has 3 N–H and O–H groups in total. The van der Waals surface area contributed by atoms with Crippen LogP contribution in [0.3, 0.4) is 0 Å². The van der Waals surface area contributed by atoms with E-state index in [4.69, 9.17) is 5.73 Å². The molecule has 0 saturated heterocycles. The zero-order valence-electron chi connectivity index (χ0n) is 11.4. The number of benzene rings is 1. The molecule has 0 aliphatic heterocycles. The minimum Gasteiger partial charge on any atom is -0.384 e. The third kappa shape index (κ3) is 3.48. The van der Waals surface area contributed by atoms with E-state index in [1.54, 1.807) is 12.1 Å². The molecule has 0 spiro atoms. The topological polar surface area (TPSA) is 72.2 Å². The third-order valence-electron chi connectivity index (χ3n) is 4.05. The summed E-state index contributed by atoms with van der Waals surface area (Å²) in [7, 11) is -3.11. The van der Waals surface area contributed by atoms with Gasteiger partial charge in [-0.2, -0.15) is 0 Å². The first kappa shape index (κ1) is 14.3. The van der Waals surface area contributed by atoms with Crippen LogP contribution in [0, 0.1) is 5.41 Å². The Morgan fingerprint density at radius 1 is 1.21 bits per heavy atom. The van der Waals surface area contributed by atoms with Gasteiger partial charge in [0.15, 0.2) is 9.84 Å². The molecule has 1 saturated carbocycles. The van der Waals surface area contributed by atoms with Crippen molar-refractivity contribution in [1.29, 1.82) is 0 Å². The van der Waals surface area contributed by atoms with Crippen LogP contribution in [-0.4, -0.2) is 27.8 Å². The van der Waals surface area contributed by atoms with Crippen molar-refractivity contribution in [3.05, 3.63) is 24.3 Å². The van der Waals surface area contributed by atoms with Gasteiger partial charge in [0, 0.05) is 18.5 Å². The lowest BCUT2D eigenvalue weighted by atomic mass is 9.86. The van der Waals surface area contributed by atoms with Gasteiger partial charge in [0.25, 0.3) is 0 Å². The minimum atomic E-state index is -3.11. The fraction of sp³-hybridized carbons (Fsp3) is 0.571. The first-order chi connectivity index (χ1) is 8.95. The van der Waals surface area contributed by atoms with Crippen LogP contribution in [0.2, 0.25) is 0 Å². The zero-order chi connectivity index (χ0) is 13.9. The predicted molar refractivity (Wildman–Crippen MR) is 78.0 cm³/mol. The van der Waals surface area contributed by atoms with Gasteiger partial charge in [0.2, 0.25) is 0 Å².